The van der Waals surface area contributed by atoms with E-state index in [2.05, 4.69) is 5.32 Å². The molecule has 0 aromatic heterocycles. The molecule has 0 rings (SSSR count). The van der Waals surface area contributed by atoms with Crippen molar-refractivity contribution >= 4 is 14.5 Å². The van der Waals surface area contributed by atoms with Gasteiger partial charge in [0.25, 0.3) is 0 Å². The summed E-state index contributed by atoms with van der Waals surface area (Å²) >= 11 is 0. The summed E-state index contributed by atoms with van der Waals surface area (Å²) in [5.74, 6) is -0.201. The van der Waals surface area contributed by atoms with Gasteiger partial charge in [0.15, 0.2) is 0 Å². The minimum absolute atomic E-state index is 0.161. The summed E-state index contributed by atoms with van der Waals surface area (Å²) in [6.45, 7) is 3.53. The zero-order chi connectivity index (χ0) is 13.3. The number of hydrogen-bond acceptors (Lipinski definition) is 5. The van der Waals surface area contributed by atoms with Crippen LogP contribution in [0.15, 0.2) is 0 Å². The normalized spacial score (nSPS) is 14.7. The largest absolute Gasteiger partial charge is 0.391 e. The third-order valence-corrected chi connectivity index (χ3v) is 3.05. The highest BCUT2D eigenvalue weighted by molar-refractivity contribution is 7.41. The van der Waals surface area contributed by atoms with Crippen LogP contribution < -0.4 is 5.32 Å². The second kappa shape index (κ2) is 9.74. The van der Waals surface area contributed by atoms with Gasteiger partial charge in [-0.25, -0.2) is 0 Å². The van der Waals surface area contributed by atoms with Crippen molar-refractivity contribution in [3.8, 4) is 0 Å². The molecule has 0 heterocycles. The maximum Gasteiger partial charge on any atom is 0.332 e. The zero-order valence-corrected chi connectivity index (χ0v) is 11.7. The molecule has 102 valence electrons. The van der Waals surface area contributed by atoms with E-state index in [9.17, 15) is 9.90 Å². The van der Waals surface area contributed by atoms with E-state index in [4.69, 9.17) is 13.6 Å². The van der Waals surface area contributed by atoms with Crippen molar-refractivity contribution in [2.45, 2.75) is 38.8 Å². The summed E-state index contributed by atoms with van der Waals surface area (Å²) in [5.41, 5.74) is 0. The minimum Gasteiger partial charge on any atom is -0.391 e. The Morgan fingerprint density at radius 2 is 2.00 bits per heavy atom. The van der Waals surface area contributed by atoms with Gasteiger partial charge in [0, 0.05) is 21.1 Å². The van der Waals surface area contributed by atoms with E-state index >= 15 is 0 Å². The zero-order valence-electron chi connectivity index (χ0n) is 10.8. The van der Waals surface area contributed by atoms with Crippen molar-refractivity contribution in [1.29, 1.82) is 0 Å². The number of carbonyl (C=O) groups is 1. The molecule has 2 N–H and O–H groups in total. The Morgan fingerprint density at radius 1 is 1.41 bits per heavy atom. The Balaban J connectivity index is 4.22. The van der Waals surface area contributed by atoms with Gasteiger partial charge in [-0.1, -0.05) is 13.3 Å². The van der Waals surface area contributed by atoms with Crippen molar-refractivity contribution in [3.05, 3.63) is 0 Å². The lowest BCUT2D eigenvalue weighted by Gasteiger charge is -2.24. The maximum atomic E-state index is 11.0. The molecule has 1 amide bonds. The third-order valence-electron chi connectivity index (χ3n) is 2.10. The van der Waals surface area contributed by atoms with E-state index in [-0.39, 0.29) is 12.5 Å². The molecule has 0 fully saturated rings. The molecule has 0 saturated heterocycles. The molecule has 0 saturated carbocycles. The fourth-order valence-electron chi connectivity index (χ4n) is 1.33. The van der Waals surface area contributed by atoms with Crippen molar-refractivity contribution < 1.29 is 23.5 Å². The number of nitrogens with one attached hydrogen (secondary N) is 1. The summed E-state index contributed by atoms with van der Waals surface area (Å²) in [6, 6.07) is -0.442. The highest BCUT2D eigenvalue weighted by Gasteiger charge is 2.22. The molecule has 7 heteroatoms. The van der Waals surface area contributed by atoms with Gasteiger partial charge in [-0.05, 0) is 6.42 Å². The lowest BCUT2D eigenvalue weighted by atomic mass is 10.1. The SMILES string of the molecule is CCC[C@@H](O)[C@H](COP(OC)OC)NC(C)=O. The molecule has 0 unspecified atom stereocenters. The topological polar surface area (TPSA) is 77.0 Å². The van der Waals surface area contributed by atoms with Gasteiger partial charge in [0.2, 0.25) is 5.91 Å². The minimum atomic E-state index is -1.41. The van der Waals surface area contributed by atoms with Crippen LogP contribution in [0.5, 0.6) is 0 Å². The molecule has 17 heavy (non-hydrogen) atoms. The lowest BCUT2D eigenvalue weighted by molar-refractivity contribution is -0.121. The van der Waals surface area contributed by atoms with Gasteiger partial charge in [0.05, 0.1) is 18.8 Å². The number of aliphatic hydroxyl groups excluding tert-OH is 1. The van der Waals surface area contributed by atoms with Crippen LogP contribution in [0.4, 0.5) is 0 Å². The predicted molar refractivity (Wildman–Crippen MR) is 65.4 cm³/mol. The predicted octanol–water partition coefficient (Wildman–Crippen LogP) is 1.19. The average Bonchev–Trinajstić information content (AvgIpc) is 2.28. The number of aliphatic hydroxyl groups is 1. The Bertz CT molecular complexity index is 213. The van der Waals surface area contributed by atoms with Gasteiger partial charge in [0.1, 0.15) is 0 Å². The van der Waals surface area contributed by atoms with Gasteiger partial charge in [-0.2, -0.15) is 0 Å². The van der Waals surface area contributed by atoms with Crippen molar-refractivity contribution in [1.82, 2.24) is 5.32 Å². The molecule has 0 bridgehead atoms. The Labute approximate surface area is 104 Å². The first-order chi connectivity index (χ1) is 8.04. The first-order valence-corrected chi connectivity index (χ1v) is 6.61. The molecule has 0 aromatic carbocycles. The third kappa shape index (κ3) is 7.63. The Hall–Kier alpha value is -0.260. The molecule has 0 aliphatic heterocycles. The summed E-state index contributed by atoms with van der Waals surface area (Å²) < 4.78 is 15.2. The standard InChI is InChI=1S/C10H22NO5P/c1-5-6-10(13)9(11-8(2)12)7-16-17(14-3)15-4/h9-10,13H,5-7H2,1-4H3,(H,11,12)/t9-,10+/m0/s1. The number of amides is 1. The van der Waals surface area contributed by atoms with Crippen molar-refractivity contribution in [2.75, 3.05) is 20.8 Å². The molecule has 0 aliphatic carbocycles. The summed E-state index contributed by atoms with van der Waals surface area (Å²) in [4.78, 5) is 11.0. The van der Waals surface area contributed by atoms with Crippen LogP contribution in [-0.4, -0.2) is 44.0 Å². The van der Waals surface area contributed by atoms with Crippen LogP contribution in [0.1, 0.15) is 26.7 Å². The van der Waals surface area contributed by atoms with E-state index in [0.29, 0.717) is 6.42 Å². The smallest absolute Gasteiger partial charge is 0.332 e. The second-order valence-corrected chi connectivity index (χ2v) is 4.98. The van der Waals surface area contributed by atoms with Gasteiger partial charge >= 0.3 is 8.60 Å². The molecule has 0 aliphatic rings. The lowest BCUT2D eigenvalue weighted by Crippen LogP contribution is -2.45. The number of rotatable bonds is 9. The van der Waals surface area contributed by atoms with E-state index < -0.39 is 20.7 Å². The van der Waals surface area contributed by atoms with Crippen LogP contribution in [0, 0.1) is 0 Å². The molecule has 0 aromatic rings. The fourth-order valence-corrected chi connectivity index (χ4v) is 1.97. The molecular formula is C10H22NO5P. The van der Waals surface area contributed by atoms with Gasteiger partial charge in [-0.15, -0.1) is 0 Å². The van der Waals surface area contributed by atoms with Gasteiger partial charge in [-0.3, -0.25) is 4.79 Å². The highest BCUT2D eigenvalue weighted by Crippen LogP contribution is 2.37. The average molecular weight is 267 g/mol. The van der Waals surface area contributed by atoms with Gasteiger partial charge < -0.3 is 24.0 Å². The first kappa shape index (κ1) is 16.7. The number of carbonyl (C=O) groups excluding carboxylic acids is 1. The molecule has 6 nitrogen and oxygen atoms in total. The van der Waals surface area contributed by atoms with E-state index in [1.165, 1.54) is 21.1 Å². The van der Waals surface area contributed by atoms with Crippen LogP contribution in [0.25, 0.3) is 0 Å². The molecule has 2 atom stereocenters. The monoisotopic (exact) mass is 267 g/mol. The van der Waals surface area contributed by atoms with E-state index in [1.54, 1.807) is 0 Å². The quantitative estimate of drug-likeness (QED) is 0.614. The first-order valence-electron chi connectivity index (χ1n) is 5.51. The summed E-state index contributed by atoms with van der Waals surface area (Å²) in [7, 11) is 1.54. The summed E-state index contributed by atoms with van der Waals surface area (Å²) in [6.07, 6.45) is 0.807. The van der Waals surface area contributed by atoms with Crippen LogP contribution in [0.2, 0.25) is 0 Å². The van der Waals surface area contributed by atoms with Crippen LogP contribution in [-0.2, 0) is 18.4 Å². The maximum absolute atomic E-state index is 11.0. The van der Waals surface area contributed by atoms with E-state index in [1.807, 2.05) is 6.92 Å². The van der Waals surface area contributed by atoms with E-state index in [0.717, 1.165) is 6.42 Å². The highest BCUT2D eigenvalue weighted by atomic mass is 31.2. The molecular weight excluding hydrogens is 245 g/mol. The Morgan fingerprint density at radius 3 is 2.41 bits per heavy atom. The number of hydrogen-bond donors (Lipinski definition) is 2. The molecule has 0 spiro atoms. The second-order valence-electron chi connectivity index (χ2n) is 3.55. The Kier molecular flexibility index (Phi) is 9.59. The van der Waals surface area contributed by atoms with Crippen molar-refractivity contribution in [2.24, 2.45) is 0 Å². The fraction of sp³-hybridized carbons (Fsp3) is 0.900. The van der Waals surface area contributed by atoms with Crippen LogP contribution >= 0.6 is 8.60 Å². The molecule has 0 radical (unpaired) electrons. The summed E-state index contributed by atoms with van der Waals surface area (Å²) in [5, 5.41) is 12.5. The van der Waals surface area contributed by atoms with Crippen LogP contribution in [0.3, 0.4) is 0 Å². The van der Waals surface area contributed by atoms with Crippen molar-refractivity contribution in [3.63, 3.8) is 0 Å².